The van der Waals surface area contributed by atoms with Crippen LogP contribution in [0.25, 0.3) is 0 Å². The smallest absolute Gasteiger partial charge is 1.00 e. The molecule has 0 radical (unpaired) electrons. The van der Waals surface area contributed by atoms with E-state index >= 15 is 0 Å². The molecule has 0 aliphatic heterocycles. The summed E-state index contributed by atoms with van der Waals surface area (Å²) in [5, 5.41) is 15.0. The summed E-state index contributed by atoms with van der Waals surface area (Å²) in [5.41, 5.74) is 0. The van der Waals surface area contributed by atoms with Crippen LogP contribution in [0.1, 0.15) is 21.2 Å². The van der Waals surface area contributed by atoms with Crippen LogP contribution in [0.15, 0.2) is 0 Å². The van der Waals surface area contributed by atoms with Crippen LogP contribution in [-0.4, -0.2) is 29.1 Å². The number of aliphatic hydroxyl groups excluding tert-OH is 1. The molecule has 0 aromatic heterocycles. The molecular formula is C6H13NaO4. The topological polar surface area (TPSA) is 74.6 Å². The van der Waals surface area contributed by atoms with Crippen molar-refractivity contribution in [3.63, 3.8) is 0 Å². The molecule has 0 bridgehead atoms. The van der Waals surface area contributed by atoms with Crippen molar-refractivity contribution in [2.75, 3.05) is 7.11 Å². The van der Waals surface area contributed by atoms with E-state index in [1.165, 1.54) is 0 Å². The summed E-state index contributed by atoms with van der Waals surface area (Å²) in [5.74, 6) is -1.27. The average Bonchev–Trinajstić information content (AvgIpc) is 1.91. The van der Waals surface area contributed by atoms with E-state index in [1.807, 2.05) is 0 Å². The molecule has 11 heavy (non-hydrogen) atoms. The van der Waals surface area contributed by atoms with E-state index in [2.05, 4.69) is 0 Å². The minimum Gasteiger partial charge on any atom is -1.00 e. The third-order valence-electron chi connectivity index (χ3n) is 0.743. The fraction of sp³-hybridized carbons (Fsp3) is 0.667. The van der Waals surface area contributed by atoms with Gasteiger partial charge in [-0.3, -0.25) is 9.59 Å². The predicted octanol–water partition coefficient (Wildman–Crippen LogP) is -2.83. The molecule has 0 saturated heterocycles. The van der Waals surface area contributed by atoms with Crippen molar-refractivity contribution in [1.29, 1.82) is 0 Å². The second-order valence-corrected chi connectivity index (χ2v) is 1.46. The Labute approximate surface area is 89.4 Å². The van der Waals surface area contributed by atoms with Crippen LogP contribution in [0.2, 0.25) is 0 Å². The zero-order valence-electron chi connectivity index (χ0n) is 8.13. The van der Waals surface area contributed by atoms with E-state index < -0.39 is 5.97 Å². The number of carboxylic acids is 1. The van der Waals surface area contributed by atoms with Crippen LogP contribution in [0.5, 0.6) is 0 Å². The molecule has 0 spiro atoms. The first kappa shape index (κ1) is 17.3. The second-order valence-electron chi connectivity index (χ2n) is 1.46. The molecule has 0 aromatic carbocycles. The summed E-state index contributed by atoms with van der Waals surface area (Å²) in [4.78, 5) is 20.0. The molecule has 0 aliphatic rings. The summed E-state index contributed by atoms with van der Waals surface area (Å²) in [6.07, 6.45) is -0.0250. The van der Waals surface area contributed by atoms with E-state index in [0.717, 1.165) is 7.11 Å². The standard InChI is InChI=1S/C5H8O3.CH4O.Na.H/c1-2-4(6)3-5(7)8;1-2;;/h2-3H2,1H3,(H,7,8);2H,1H3;;/q;;+1;-1. The zero-order chi connectivity index (χ0) is 8.57. The molecular weight excluding hydrogens is 159 g/mol. The van der Waals surface area contributed by atoms with Gasteiger partial charge >= 0.3 is 35.5 Å². The molecule has 0 aliphatic carbocycles. The van der Waals surface area contributed by atoms with E-state index in [9.17, 15) is 9.59 Å². The van der Waals surface area contributed by atoms with Crippen LogP contribution in [0.4, 0.5) is 0 Å². The maximum Gasteiger partial charge on any atom is 1.00 e. The average molecular weight is 172 g/mol. The number of carboxylic acid groups (broad SMARTS) is 1. The number of aliphatic hydroxyl groups is 1. The zero-order valence-corrected chi connectivity index (χ0v) is 9.13. The molecule has 0 unspecified atom stereocenters. The van der Waals surface area contributed by atoms with Crippen molar-refractivity contribution in [3.05, 3.63) is 0 Å². The number of carbonyl (C=O) groups is 2. The molecule has 5 heteroatoms. The molecule has 0 heterocycles. The number of carbonyl (C=O) groups excluding carboxylic acids is 1. The van der Waals surface area contributed by atoms with Gasteiger partial charge in [0.05, 0.1) is 0 Å². The summed E-state index contributed by atoms with van der Waals surface area (Å²) in [7, 11) is 1.00. The Balaban J connectivity index is -0.0000000740. The van der Waals surface area contributed by atoms with Gasteiger partial charge in [-0.05, 0) is 0 Å². The Morgan fingerprint density at radius 2 is 1.73 bits per heavy atom. The number of Topliss-reactive ketones (excluding diaryl/α,β-unsaturated/α-hetero) is 1. The molecule has 0 aromatic rings. The normalized spacial score (nSPS) is 6.82. The fourth-order valence-electron chi connectivity index (χ4n) is 0.294. The maximum atomic E-state index is 10.2. The molecule has 0 rings (SSSR count). The van der Waals surface area contributed by atoms with Crippen molar-refractivity contribution in [2.45, 2.75) is 19.8 Å². The first-order valence-corrected chi connectivity index (χ1v) is 2.85. The third kappa shape index (κ3) is 17.8. The number of rotatable bonds is 3. The van der Waals surface area contributed by atoms with E-state index in [-0.39, 0.29) is 43.2 Å². The second kappa shape index (κ2) is 12.7. The van der Waals surface area contributed by atoms with Crippen molar-refractivity contribution in [1.82, 2.24) is 0 Å². The SMILES string of the molecule is CCC(=O)CC(=O)O.CO.[H-].[Na+]. The molecule has 0 saturated carbocycles. The van der Waals surface area contributed by atoms with Gasteiger partial charge in [0.1, 0.15) is 12.2 Å². The quantitative estimate of drug-likeness (QED) is 0.355. The monoisotopic (exact) mass is 172 g/mol. The van der Waals surface area contributed by atoms with Gasteiger partial charge < -0.3 is 11.6 Å². The maximum absolute atomic E-state index is 10.2. The third-order valence-corrected chi connectivity index (χ3v) is 0.743. The largest absolute Gasteiger partial charge is 1.00 e. The first-order chi connectivity index (χ1) is 4.66. The van der Waals surface area contributed by atoms with Crippen LogP contribution in [0.3, 0.4) is 0 Å². The number of hydrogen-bond acceptors (Lipinski definition) is 3. The van der Waals surface area contributed by atoms with Crippen molar-refractivity contribution in [3.8, 4) is 0 Å². The molecule has 0 amide bonds. The Kier molecular flexibility index (Phi) is 20.0. The minimum atomic E-state index is -1.04. The molecule has 4 nitrogen and oxygen atoms in total. The Hall–Kier alpha value is 0.1000. The summed E-state index contributed by atoms with van der Waals surface area (Å²) >= 11 is 0. The van der Waals surface area contributed by atoms with Crippen molar-refractivity contribution in [2.24, 2.45) is 0 Å². The van der Waals surface area contributed by atoms with Crippen molar-refractivity contribution < 1.29 is 50.8 Å². The van der Waals surface area contributed by atoms with Gasteiger partial charge in [0.2, 0.25) is 0 Å². The van der Waals surface area contributed by atoms with Gasteiger partial charge in [0, 0.05) is 13.5 Å². The Morgan fingerprint density at radius 3 is 1.82 bits per heavy atom. The van der Waals surface area contributed by atoms with Crippen LogP contribution in [-0.2, 0) is 9.59 Å². The number of aliphatic carboxylic acids is 1. The van der Waals surface area contributed by atoms with Crippen LogP contribution >= 0.6 is 0 Å². The van der Waals surface area contributed by atoms with Crippen LogP contribution in [0, 0.1) is 0 Å². The van der Waals surface area contributed by atoms with Gasteiger partial charge in [-0.2, -0.15) is 0 Å². The molecule has 62 valence electrons. The molecule has 2 N–H and O–H groups in total. The fourth-order valence-corrected chi connectivity index (χ4v) is 0.294. The molecule has 0 fully saturated rings. The summed E-state index contributed by atoms with van der Waals surface area (Å²) < 4.78 is 0. The minimum absolute atomic E-state index is 0. The summed E-state index contributed by atoms with van der Waals surface area (Å²) in [6, 6.07) is 0. The molecule has 0 atom stereocenters. The first-order valence-electron chi connectivity index (χ1n) is 2.85. The van der Waals surface area contributed by atoms with E-state index in [4.69, 9.17) is 10.2 Å². The summed E-state index contributed by atoms with van der Waals surface area (Å²) in [6.45, 7) is 1.64. The Morgan fingerprint density at radius 1 is 1.36 bits per heavy atom. The van der Waals surface area contributed by atoms with Gasteiger partial charge in [-0.1, -0.05) is 6.92 Å². The number of hydrogen-bond donors (Lipinski definition) is 2. The van der Waals surface area contributed by atoms with E-state index in [1.54, 1.807) is 6.92 Å². The predicted molar refractivity (Wildman–Crippen MR) is 36.8 cm³/mol. The van der Waals surface area contributed by atoms with E-state index in [0.29, 0.717) is 6.42 Å². The van der Waals surface area contributed by atoms with Gasteiger partial charge in [0.15, 0.2) is 0 Å². The van der Waals surface area contributed by atoms with Crippen molar-refractivity contribution >= 4 is 11.8 Å². The Bertz CT molecular complexity index is 118. The van der Waals surface area contributed by atoms with Crippen LogP contribution < -0.4 is 29.6 Å². The number of ketones is 1. The van der Waals surface area contributed by atoms with Gasteiger partial charge in [0.25, 0.3) is 0 Å². The van der Waals surface area contributed by atoms with Gasteiger partial charge in [-0.25, -0.2) is 0 Å². The van der Waals surface area contributed by atoms with Gasteiger partial charge in [-0.15, -0.1) is 0 Å².